The zero-order valence-corrected chi connectivity index (χ0v) is 11.8. The van der Waals surface area contributed by atoms with Crippen molar-refractivity contribution in [2.45, 2.75) is 26.8 Å². The molecule has 0 radical (unpaired) electrons. The Labute approximate surface area is 118 Å². The van der Waals surface area contributed by atoms with Gasteiger partial charge in [0.25, 0.3) is 0 Å². The molecule has 0 saturated carbocycles. The molecule has 4 heteroatoms. The van der Waals surface area contributed by atoms with Crippen LogP contribution in [0.1, 0.15) is 22.4 Å². The van der Waals surface area contributed by atoms with Crippen LogP contribution < -0.4 is 5.73 Å². The number of nitrogens with zero attached hydrogens (tertiary/aromatic N) is 2. The molecule has 1 heterocycles. The fourth-order valence-electron chi connectivity index (χ4n) is 2.25. The Balaban J connectivity index is 2.24. The molecule has 0 atom stereocenters. The summed E-state index contributed by atoms with van der Waals surface area (Å²) in [5.74, 6) is 0.555. The van der Waals surface area contributed by atoms with Crippen molar-refractivity contribution < 1.29 is 0 Å². The molecule has 0 saturated heterocycles. The largest absolute Gasteiger partial charge is 0.384 e. The summed E-state index contributed by atoms with van der Waals surface area (Å²) in [6, 6.07) is 9.96. The van der Waals surface area contributed by atoms with Crippen LogP contribution >= 0.6 is 11.6 Å². The standard InChI is InChI=1S/C15H16ClN3/c1-10-11(2)19(15(18)14(10)9-17)7-6-12-4-3-5-13(16)8-12/h3-5,8H,6-7,18H2,1-2H3. The zero-order valence-electron chi connectivity index (χ0n) is 11.1. The lowest BCUT2D eigenvalue weighted by Crippen LogP contribution is -2.07. The Kier molecular flexibility index (Phi) is 3.82. The number of aryl methyl sites for hydroxylation is 1. The first-order chi connectivity index (χ1) is 9.04. The smallest absolute Gasteiger partial charge is 0.122 e. The number of nitrogens with two attached hydrogens (primary N) is 1. The third-order valence-electron chi connectivity index (χ3n) is 3.49. The lowest BCUT2D eigenvalue weighted by atomic mass is 10.1. The van der Waals surface area contributed by atoms with E-state index in [0.717, 1.165) is 34.8 Å². The second-order valence-corrected chi connectivity index (χ2v) is 5.05. The van der Waals surface area contributed by atoms with E-state index >= 15 is 0 Å². The van der Waals surface area contributed by atoms with Crippen molar-refractivity contribution in [2.24, 2.45) is 0 Å². The number of halogens is 1. The minimum Gasteiger partial charge on any atom is -0.384 e. The van der Waals surface area contributed by atoms with Crippen LogP contribution in [0.3, 0.4) is 0 Å². The van der Waals surface area contributed by atoms with Crippen LogP contribution in [0.15, 0.2) is 24.3 Å². The highest BCUT2D eigenvalue weighted by atomic mass is 35.5. The monoisotopic (exact) mass is 273 g/mol. The molecule has 0 spiro atoms. The zero-order chi connectivity index (χ0) is 14.0. The summed E-state index contributed by atoms with van der Waals surface area (Å²) < 4.78 is 1.99. The highest BCUT2D eigenvalue weighted by Crippen LogP contribution is 2.24. The Bertz CT molecular complexity index is 650. The first-order valence-corrected chi connectivity index (χ1v) is 6.52. The highest BCUT2D eigenvalue weighted by Gasteiger charge is 2.14. The first-order valence-electron chi connectivity index (χ1n) is 6.14. The van der Waals surface area contributed by atoms with Crippen molar-refractivity contribution in [1.29, 1.82) is 5.26 Å². The number of benzene rings is 1. The summed E-state index contributed by atoms with van der Waals surface area (Å²) >= 11 is 5.97. The van der Waals surface area contributed by atoms with Crippen LogP contribution in [0.25, 0.3) is 0 Å². The van der Waals surface area contributed by atoms with Crippen LogP contribution in [0.5, 0.6) is 0 Å². The van der Waals surface area contributed by atoms with E-state index in [9.17, 15) is 0 Å². The second-order valence-electron chi connectivity index (χ2n) is 4.61. The van der Waals surface area contributed by atoms with E-state index in [4.69, 9.17) is 22.6 Å². The number of hydrogen-bond donors (Lipinski definition) is 1. The molecule has 0 amide bonds. The second kappa shape index (κ2) is 5.38. The maximum Gasteiger partial charge on any atom is 0.122 e. The number of aromatic nitrogens is 1. The van der Waals surface area contributed by atoms with Crippen LogP contribution in [0.2, 0.25) is 5.02 Å². The average Bonchev–Trinajstić information content (AvgIpc) is 2.58. The molecule has 0 fully saturated rings. The van der Waals surface area contributed by atoms with Crippen molar-refractivity contribution in [1.82, 2.24) is 4.57 Å². The van der Waals surface area contributed by atoms with Crippen LogP contribution in [-0.4, -0.2) is 4.57 Å². The third kappa shape index (κ3) is 2.59. The molecule has 0 aliphatic rings. The van der Waals surface area contributed by atoms with E-state index in [1.165, 1.54) is 0 Å². The van der Waals surface area contributed by atoms with Crippen molar-refractivity contribution in [2.75, 3.05) is 5.73 Å². The Morgan fingerprint density at radius 1 is 1.37 bits per heavy atom. The normalized spacial score (nSPS) is 10.4. The van der Waals surface area contributed by atoms with Gasteiger partial charge < -0.3 is 10.3 Å². The van der Waals surface area contributed by atoms with Crippen molar-refractivity contribution >= 4 is 17.4 Å². The average molecular weight is 274 g/mol. The van der Waals surface area contributed by atoms with Gasteiger partial charge in [-0.05, 0) is 43.5 Å². The molecule has 2 N–H and O–H groups in total. The van der Waals surface area contributed by atoms with E-state index in [1.54, 1.807) is 0 Å². The maximum atomic E-state index is 9.10. The summed E-state index contributed by atoms with van der Waals surface area (Å²) in [4.78, 5) is 0. The quantitative estimate of drug-likeness (QED) is 0.931. The Morgan fingerprint density at radius 2 is 2.11 bits per heavy atom. The lowest BCUT2D eigenvalue weighted by molar-refractivity contribution is 0.689. The number of anilines is 1. The summed E-state index contributed by atoms with van der Waals surface area (Å²) in [5, 5.41) is 9.84. The number of nitrogen functional groups attached to an aromatic ring is 1. The minimum atomic E-state index is 0.555. The van der Waals surface area contributed by atoms with E-state index in [0.29, 0.717) is 11.4 Å². The van der Waals surface area contributed by atoms with Gasteiger partial charge in [0.1, 0.15) is 11.9 Å². The number of hydrogen-bond acceptors (Lipinski definition) is 2. The fraction of sp³-hybridized carbons (Fsp3) is 0.267. The molecule has 0 bridgehead atoms. The Morgan fingerprint density at radius 3 is 2.68 bits per heavy atom. The van der Waals surface area contributed by atoms with Gasteiger partial charge >= 0.3 is 0 Å². The van der Waals surface area contributed by atoms with Gasteiger partial charge in [-0.25, -0.2) is 0 Å². The van der Waals surface area contributed by atoms with Crippen LogP contribution in [0.4, 0.5) is 5.82 Å². The van der Waals surface area contributed by atoms with Gasteiger partial charge in [-0.15, -0.1) is 0 Å². The molecule has 0 aliphatic carbocycles. The van der Waals surface area contributed by atoms with Gasteiger partial charge in [-0.3, -0.25) is 0 Å². The maximum absolute atomic E-state index is 9.10. The predicted molar refractivity (Wildman–Crippen MR) is 78.2 cm³/mol. The van der Waals surface area contributed by atoms with E-state index in [1.807, 2.05) is 42.7 Å². The van der Waals surface area contributed by atoms with Crippen LogP contribution in [0, 0.1) is 25.2 Å². The van der Waals surface area contributed by atoms with Gasteiger partial charge in [0.2, 0.25) is 0 Å². The summed E-state index contributed by atoms with van der Waals surface area (Å²) in [6.07, 6.45) is 0.838. The number of rotatable bonds is 3. The molecule has 3 nitrogen and oxygen atoms in total. The SMILES string of the molecule is Cc1c(C#N)c(N)n(CCc2cccc(Cl)c2)c1C. The molecule has 0 unspecified atom stereocenters. The molecular formula is C15H16ClN3. The molecule has 98 valence electrons. The van der Waals surface area contributed by atoms with Gasteiger partial charge in [0.05, 0.1) is 5.56 Å². The van der Waals surface area contributed by atoms with Crippen LogP contribution in [-0.2, 0) is 13.0 Å². The first kappa shape index (κ1) is 13.5. The van der Waals surface area contributed by atoms with Gasteiger partial charge in [-0.1, -0.05) is 23.7 Å². The molecule has 19 heavy (non-hydrogen) atoms. The van der Waals surface area contributed by atoms with E-state index < -0.39 is 0 Å². The summed E-state index contributed by atoms with van der Waals surface area (Å²) in [6.45, 7) is 4.67. The minimum absolute atomic E-state index is 0.555. The molecule has 0 aliphatic heterocycles. The van der Waals surface area contributed by atoms with E-state index in [2.05, 4.69) is 6.07 Å². The Hall–Kier alpha value is -1.92. The molecule has 1 aromatic heterocycles. The van der Waals surface area contributed by atoms with Gasteiger partial charge in [0.15, 0.2) is 0 Å². The molecule has 2 aromatic rings. The van der Waals surface area contributed by atoms with Crippen molar-refractivity contribution in [3.63, 3.8) is 0 Å². The van der Waals surface area contributed by atoms with Gasteiger partial charge in [-0.2, -0.15) is 5.26 Å². The lowest BCUT2D eigenvalue weighted by Gasteiger charge is -2.09. The molecule has 2 rings (SSSR count). The van der Waals surface area contributed by atoms with Crippen molar-refractivity contribution in [3.05, 3.63) is 51.7 Å². The topological polar surface area (TPSA) is 54.7 Å². The molecule has 1 aromatic carbocycles. The van der Waals surface area contributed by atoms with E-state index in [-0.39, 0.29) is 0 Å². The summed E-state index contributed by atoms with van der Waals surface area (Å²) in [5.41, 5.74) is 9.79. The fourth-order valence-corrected chi connectivity index (χ4v) is 2.47. The van der Waals surface area contributed by atoms with Gasteiger partial charge in [0, 0.05) is 17.3 Å². The predicted octanol–water partition coefficient (Wildman–Crippen LogP) is 3.45. The van der Waals surface area contributed by atoms with Crippen molar-refractivity contribution in [3.8, 4) is 6.07 Å². The molecular weight excluding hydrogens is 258 g/mol. The highest BCUT2D eigenvalue weighted by molar-refractivity contribution is 6.30. The number of nitriles is 1. The summed E-state index contributed by atoms with van der Waals surface area (Å²) in [7, 11) is 0. The third-order valence-corrected chi connectivity index (χ3v) is 3.73.